The molecule has 2 heterocycles. The second-order valence-electron chi connectivity index (χ2n) is 8.07. The lowest BCUT2D eigenvalue weighted by molar-refractivity contribution is 0.0686. The summed E-state index contributed by atoms with van der Waals surface area (Å²) in [5.74, 6) is -1.58. The highest BCUT2D eigenvalue weighted by Gasteiger charge is 2.26. The zero-order valence-corrected chi connectivity index (χ0v) is 23.1. The van der Waals surface area contributed by atoms with E-state index in [0.29, 0.717) is 18.0 Å². The fourth-order valence-electron chi connectivity index (χ4n) is 3.69. The summed E-state index contributed by atoms with van der Waals surface area (Å²) < 4.78 is 54.9. The molecule has 37 heavy (non-hydrogen) atoms. The van der Waals surface area contributed by atoms with Crippen molar-refractivity contribution in [3.63, 3.8) is 0 Å². The Labute approximate surface area is 228 Å². The Hall–Kier alpha value is -2.35. The van der Waals surface area contributed by atoms with Crippen LogP contribution in [-0.2, 0) is 20.0 Å². The number of halogens is 2. The number of carbonyl (C=O) groups is 1. The Morgan fingerprint density at radius 3 is 2.24 bits per heavy atom. The first-order valence-electron chi connectivity index (χ1n) is 11.0. The molecule has 3 aromatic rings. The molecule has 2 aromatic carbocycles. The van der Waals surface area contributed by atoms with Gasteiger partial charge in [-0.2, -0.15) is 4.31 Å². The first-order valence-corrected chi connectivity index (χ1v) is 15.5. The topological polar surface area (TPSA) is 134 Å². The maximum atomic E-state index is 12.9. The lowest BCUT2D eigenvalue weighted by Crippen LogP contribution is -2.35. The largest absolute Gasteiger partial charge is 0.476 e. The number of piperidine rings is 1. The fourth-order valence-corrected chi connectivity index (χ4v) is 7.87. The minimum absolute atomic E-state index is 0.101. The van der Waals surface area contributed by atoms with Crippen molar-refractivity contribution in [2.75, 3.05) is 17.8 Å². The first kappa shape index (κ1) is 27.7. The molecule has 0 spiro atoms. The van der Waals surface area contributed by atoms with Crippen LogP contribution in [0.25, 0.3) is 0 Å². The van der Waals surface area contributed by atoms with Gasteiger partial charge in [-0.05, 0) is 67.4 Å². The molecule has 0 aliphatic carbocycles. The number of anilines is 1. The van der Waals surface area contributed by atoms with Crippen molar-refractivity contribution in [3.8, 4) is 0 Å². The molecule has 9 nitrogen and oxygen atoms in total. The molecule has 2 N–H and O–H groups in total. The summed E-state index contributed by atoms with van der Waals surface area (Å²) in [7, 11) is -7.76. The van der Waals surface area contributed by atoms with E-state index in [4.69, 9.17) is 23.2 Å². The molecule has 1 aliphatic rings. The van der Waals surface area contributed by atoms with Crippen LogP contribution in [0.3, 0.4) is 0 Å². The Balaban J connectivity index is 1.55. The molecule has 0 radical (unpaired) electrons. The van der Waals surface area contributed by atoms with Gasteiger partial charge in [-0.1, -0.05) is 41.4 Å². The van der Waals surface area contributed by atoms with E-state index in [2.05, 4.69) is 9.71 Å². The lowest BCUT2D eigenvalue weighted by atomic mass is 10.2. The van der Waals surface area contributed by atoms with Gasteiger partial charge in [0.05, 0.1) is 9.92 Å². The zero-order valence-electron chi connectivity index (χ0n) is 19.1. The number of hydrogen-bond donors (Lipinski definition) is 2. The smallest absolute Gasteiger partial charge is 0.355 e. The van der Waals surface area contributed by atoms with Gasteiger partial charge in [-0.25, -0.2) is 26.6 Å². The maximum absolute atomic E-state index is 12.9. The summed E-state index contributed by atoms with van der Waals surface area (Å²) in [6.45, 7) is 0.986. The number of hydrogen-bond acceptors (Lipinski definition) is 7. The predicted octanol–water partition coefficient (Wildman–Crippen LogP) is 5.21. The number of sulfonamides is 2. The molecule has 0 atom stereocenters. The standard InChI is InChI=1S/C23H21Cl2N3O6S3/c24-15-4-10-20(18(25)14-15)36(31,32)27-21-11-9-19(22(26-21)23(29)30)35-16-5-7-17(8-6-16)37(33,34)28-12-2-1-3-13-28/h4-11,14H,1-3,12-13H2,(H,26,27)(H,29,30). The molecule has 0 amide bonds. The van der Waals surface area contributed by atoms with Crippen molar-refractivity contribution in [2.45, 2.75) is 38.8 Å². The van der Waals surface area contributed by atoms with Crippen LogP contribution in [0.15, 0.2) is 74.2 Å². The van der Waals surface area contributed by atoms with Gasteiger partial charge in [0.15, 0.2) is 5.69 Å². The summed E-state index contributed by atoms with van der Waals surface area (Å²) >= 11 is 12.9. The van der Waals surface area contributed by atoms with Crippen molar-refractivity contribution < 1.29 is 26.7 Å². The van der Waals surface area contributed by atoms with Crippen molar-refractivity contribution in [2.24, 2.45) is 0 Å². The number of carboxylic acid groups (broad SMARTS) is 1. The van der Waals surface area contributed by atoms with Gasteiger partial charge < -0.3 is 5.11 Å². The summed E-state index contributed by atoms with van der Waals surface area (Å²) in [5.41, 5.74) is -0.377. The number of aromatic nitrogens is 1. The Bertz CT molecular complexity index is 1540. The van der Waals surface area contributed by atoms with Gasteiger partial charge in [-0.15, -0.1) is 0 Å². The Kier molecular flexibility index (Phi) is 8.36. The molecule has 196 valence electrons. The molecular weight excluding hydrogens is 581 g/mol. The number of aromatic carboxylic acids is 1. The molecule has 1 fully saturated rings. The normalized spacial score (nSPS) is 14.9. The monoisotopic (exact) mass is 601 g/mol. The van der Waals surface area contributed by atoms with Crippen LogP contribution in [0.5, 0.6) is 0 Å². The summed E-state index contributed by atoms with van der Waals surface area (Å²) in [5, 5.41) is 9.84. The van der Waals surface area contributed by atoms with Gasteiger partial charge >= 0.3 is 5.97 Å². The third kappa shape index (κ3) is 6.39. The van der Waals surface area contributed by atoms with Crippen molar-refractivity contribution >= 4 is 66.8 Å². The van der Waals surface area contributed by atoms with Crippen molar-refractivity contribution in [3.05, 3.63) is 70.3 Å². The van der Waals surface area contributed by atoms with Crippen molar-refractivity contribution in [1.82, 2.24) is 9.29 Å². The number of benzene rings is 2. The van der Waals surface area contributed by atoms with E-state index in [9.17, 15) is 26.7 Å². The molecular formula is C23H21Cl2N3O6S3. The number of carboxylic acids is 1. The van der Waals surface area contributed by atoms with Gasteiger partial charge in [0.25, 0.3) is 10.0 Å². The molecule has 1 aromatic heterocycles. The Morgan fingerprint density at radius 1 is 0.946 bits per heavy atom. The Morgan fingerprint density at radius 2 is 1.62 bits per heavy atom. The average Bonchev–Trinajstić information content (AvgIpc) is 2.85. The van der Waals surface area contributed by atoms with E-state index in [1.807, 2.05) is 0 Å². The van der Waals surface area contributed by atoms with Crippen LogP contribution in [0.4, 0.5) is 5.82 Å². The molecule has 14 heteroatoms. The first-order chi connectivity index (χ1) is 17.5. The van der Waals surface area contributed by atoms with Gasteiger partial charge in [-0.3, -0.25) is 4.72 Å². The molecule has 1 saturated heterocycles. The molecule has 0 unspecified atom stereocenters. The zero-order chi connectivity index (χ0) is 26.8. The van der Waals surface area contributed by atoms with Crippen LogP contribution in [-0.4, -0.2) is 50.3 Å². The van der Waals surface area contributed by atoms with E-state index in [-0.39, 0.29) is 36.2 Å². The fraction of sp³-hybridized carbons (Fsp3) is 0.217. The third-order valence-electron chi connectivity index (χ3n) is 5.49. The quantitative estimate of drug-likeness (QED) is 0.359. The van der Waals surface area contributed by atoms with Gasteiger partial charge in [0.2, 0.25) is 10.0 Å². The van der Waals surface area contributed by atoms with E-state index in [1.54, 1.807) is 12.1 Å². The highest BCUT2D eigenvalue weighted by atomic mass is 35.5. The van der Waals surface area contributed by atoms with Gasteiger partial charge in [0.1, 0.15) is 10.7 Å². The number of rotatable bonds is 8. The van der Waals surface area contributed by atoms with Crippen molar-refractivity contribution in [1.29, 1.82) is 0 Å². The van der Waals surface area contributed by atoms with Crippen LogP contribution in [0.1, 0.15) is 29.8 Å². The van der Waals surface area contributed by atoms with Crippen LogP contribution in [0, 0.1) is 0 Å². The molecule has 0 bridgehead atoms. The van der Waals surface area contributed by atoms with Crippen LogP contribution >= 0.6 is 35.0 Å². The van der Waals surface area contributed by atoms with E-state index in [1.165, 1.54) is 46.8 Å². The minimum atomic E-state index is -4.17. The number of nitrogens with zero attached hydrogens (tertiary/aromatic N) is 2. The van der Waals surface area contributed by atoms with Gasteiger partial charge in [0, 0.05) is 27.9 Å². The highest BCUT2D eigenvalue weighted by Crippen LogP contribution is 2.33. The number of pyridine rings is 1. The van der Waals surface area contributed by atoms with E-state index >= 15 is 0 Å². The molecule has 0 saturated carbocycles. The summed E-state index contributed by atoms with van der Waals surface area (Å²) in [6.07, 6.45) is 2.67. The summed E-state index contributed by atoms with van der Waals surface area (Å²) in [4.78, 5) is 16.6. The van der Waals surface area contributed by atoms with E-state index < -0.39 is 26.0 Å². The second kappa shape index (κ2) is 11.2. The molecule has 1 aliphatic heterocycles. The van der Waals surface area contributed by atoms with E-state index in [0.717, 1.165) is 31.0 Å². The maximum Gasteiger partial charge on any atom is 0.355 e. The minimum Gasteiger partial charge on any atom is -0.476 e. The SMILES string of the molecule is O=C(O)c1nc(NS(=O)(=O)c2ccc(Cl)cc2Cl)ccc1Sc1ccc(S(=O)(=O)N2CCCCC2)cc1. The van der Waals surface area contributed by atoms with Crippen LogP contribution in [0.2, 0.25) is 10.0 Å². The highest BCUT2D eigenvalue weighted by molar-refractivity contribution is 7.99. The third-order valence-corrected chi connectivity index (χ3v) is 10.5. The summed E-state index contributed by atoms with van der Waals surface area (Å²) in [6, 6.07) is 12.8. The second-order valence-corrected chi connectivity index (χ2v) is 13.6. The molecule has 4 rings (SSSR count). The average molecular weight is 603 g/mol. The lowest BCUT2D eigenvalue weighted by Gasteiger charge is -2.25. The van der Waals surface area contributed by atoms with Crippen LogP contribution < -0.4 is 4.72 Å². The number of nitrogens with one attached hydrogen (secondary N) is 1. The predicted molar refractivity (Wildman–Crippen MR) is 142 cm³/mol.